The van der Waals surface area contributed by atoms with Crippen LogP contribution >= 0.6 is 15.9 Å². The normalized spacial score (nSPS) is 18.2. The number of aliphatic hydroxyl groups excluding tert-OH is 1. The zero-order chi connectivity index (χ0) is 13.3. The maximum atomic E-state index is 9.54. The summed E-state index contributed by atoms with van der Waals surface area (Å²) in [6, 6.07) is 1.95. The highest BCUT2D eigenvalue weighted by Gasteiger charge is 2.22. The lowest BCUT2D eigenvalue weighted by atomic mass is 9.96. The van der Waals surface area contributed by atoms with Gasteiger partial charge in [-0.15, -0.1) is 0 Å². The third-order valence-electron chi connectivity index (χ3n) is 3.14. The van der Waals surface area contributed by atoms with Crippen molar-refractivity contribution in [3.05, 3.63) is 16.5 Å². The molecule has 18 heavy (non-hydrogen) atoms. The van der Waals surface area contributed by atoms with Gasteiger partial charge in [-0.1, -0.05) is 20.8 Å². The number of halogens is 1. The number of hydrogen-bond donors (Lipinski definition) is 1. The lowest BCUT2D eigenvalue weighted by Crippen LogP contribution is -2.36. The standard InChI is InChI=1S/C13H20BrN3O/c1-13(2,3)12-15-10(14)8-11(16-12)17-6-4-9(18)5-7-17/h8-9,18H,4-7H2,1-3H3. The summed E-state index contributed by atoms with van der Waals surface area (Å²) in [5.74, 6) is 1.80. The molecule has 1 fully saturated rings. The number of piperidine rings is 1. The molecule has 1 aliphatic rings. The predicted molar refractivity (Wildman–Crippen MR) is 75.9 cm³/mol. The maximum absolute atomic E-state index is 9.54. The van der Waals surface area contributed by atoms with Crippen LogP contribution < -0.4 is 4.90 Å². The second kappa shape index (κ2) is 5.13. The van der Waals surface area contributed by atoms with E-state index in [0.29, 0.717) is 0 Å². The number of rotatable bonds is 1. The van der Waals surface area contributed by atoms with Crippen molar-refractivity contribution < 1.29 is 5.11 Å². The lowest BCUT2D eigenvalue weighted by Gasteiger charge is -2.31. The molecule has 0 aliphatic carbocycles. The van der Waals surface area contributed by atoms with Crippen molar-refractivity contribution in [3.8, 4) is 0 Å². The molecule has 0 amide bonds. The number of aromatic nitrogens is 2. The quantitative estimate of drug-likeness (QED) is 0.809. The van der Waals surface area contributed by atoms with E-state index in [4.69, 9.17) is 0 Å². The molecule has 5 heteroatoms. The van der Waals surface area contributed by atoms with Crippen LogP contribution in [0.5, 0.6) is 0 Å². The Balaban J connectivity index is 2.25. The van der Waals surface area contributed by atoms with E-state index < -0.39 is 0 Å². The van der Waals surface area contributed by atoms with Crippen molar-refractivity contribution >= 4 is 21.7 Å². The fraction of sp³-hybridized carbons (Fsp3) is 0.692. The smallest absolute Gasteiger partial charge is 0.137 e. The van der Waals surface area contributed by atoms with E-state index in [-0.39, 0.29) is 11.5 Å². The van der Waals surface area contributed by atoms with Crippen LogP contribution in [0, 0.1) is 0 Å². The summed E-state index contributed by atoms with van der Waals surface area (Å²) in [6.45, 7) is 8.04. The van der Waals surface area contributed by atoms with Gasteiger partial charge < -0.3 is 10.0 Å². The Bertz CT molecular complexity index is 423. The summed E-state index contributed by atoms with van der Waals surface area (Å²) in [5.41, 5.74) is -0.0617. The van der Waals surface area contributed by atoms with E-state index in [9.17, 15) is 5.11 Å². The Hall–Kier alpha value is -0.680. The number of anilines is 1. The zero-order valence-electron chi connectivity index (χ0n) is 11.1. The van der Waals surface area contributed by atoms with Crippen LogP contribution in [0.15, 0.2) is 10.7 Å². The Morgan fingerprint density at radius 3 is 2.44 bits per heavy atom. The van der Waals surface area contributed by atoms with Crippen LogP contribution in [0.2, 0.25) is 0 Å². The van der Waals surface area contributed by atoms with Crippen molar-refractivity contribution in [1.82, 2.24) is 9.97 Å². The minimum Gasteiger partial charge on any atom is -0.393 e. The minimum absolute atomic E-state index is 0.0617. The number of hydrogen-bond acceptors (Lipinski definition) is 4. The highest BCUT2D eigenvalue weighted by molar-refractivity contribution is 9.10. The van der Waals surface area contributed by atoms with E-state index in [1.807, 2.05) is 6.07 Å². The summed E-state index contributed by atoms with van der Waals surface area (Å²) < 4.78 is 0.823. The first-order valence-electron chi connectivity index (χ1n) is 6.34. The molecular formula is C13H20BrN3O. The van der Waals surface area contributed by atoms with Gasteiger partial charge in [0.2, 0.25) is 0 Å². The summed E-state index contributed by atoms with van der Waals surface area (Å²) in [4.78, 5) is 11.3. The van der Waals surface area contributed by atoms with Gasteiger partial charge in [0.15, 0.2) is 0 Å². The summed E-state index contributed by atoms with van der Waals surface area (Å²) >= 11 is 3.46. The third kappa shape index (κ3) is 3.20. The molecule has 0 unspecified atom stereocenters. The van der Waals surface area contributed by atoms with Crippen molar-refractivity contribution in [2.24, 2.45) is 0 Å². The van der Waals surface area contributed by atoms with Crippen LogP contribution in [0.1, 0.15) is 39.4 Å². The van der Waals surface area contributed by atoms with Crippen molar-refractivity contribution in [2.75, 3.05) is 18.0 Å². The largest absolute Gasteiger partial charge is 0.393 e. The van der Waals surface area contributed by atoms with Crippen molar-refractivity contribution in [1.29, 1.82) is 0 Å². The molecule has 0 saturated carbocycles. The topological polar surface area (TPSA) is 49.2 Å². The van der Waals surface area contributed by atoms with Crippen LogP contribution in [-0.2, 0) is 5.41 Å². The summed E-state index contributed by atoms with van der Waals surface area (Å²) in [7, 11) is 0. The van der Waals surface area contributed by atoms with Gasteiger partial charge in [-0.3, -0.25) is 0 Å². The van der Waals surface area contributed by atoms with Gasteiger partial charge in [0.1, 0.15) is 16.2 Å². The maximum Gasteiger partial charge on any atom is 0.137 e. The zero-order valence-corrected chi connectivity index (χ0v) is 12.7. The molecule has 2 heterocycles. The monoisotopic (exact) mass is 313 g/mol. The Morgan fingerprint density at radius 1 is 1.28 bits per heavy atom. The Labute approximate surface area is 117 Å². The fourth-order valence-electron chi connectivity index (χ4n) is 2.00. The molecule has 0 atom stereocenters. The van der Waals surface area contributed by atoms with Gasteiger partial charge in [0.05, 0.1) is 6.10 Å². The second-order valence-electron chi connectivity index (χ2n) is 5.84. The molecule has 1 saturated heterocycles. The molecule has 1 aromatic heterocycles. The van der Waals surface area contributed by atoms with Gasteiger partial charge in [0, 0.05) is 24.6 Å². The Kier molecular flexibility index (Phi) is 3.92. The average Bonchev–Trinajstić information content (AvgIpc) is 2.28. The molecule has 2 rings (SSSR count). The molecule has 0 bridgehead atoms. The van der Waals surface area contributed by atoms with Gasteiger partial charge >= 0.3 is 0 Å². The molecule has 0 spiro atoms. The van der Waals surface area contributed by atoms with Gasteiger partial charge in [0.25, 0.3) is 0 Å². The van der Waals surface area contributed by atoms with E-state index in [1.54, 1.807) is 0 Å². The predicted octanol–water partition coefficient (Wildman–Crippen LogP) is 2.50. The Morgan fingerprint density at radius 2 is 1.89 bits per heavy atom. The third-order valence-corrected chi connectivity index (χ3v) is 3.55. The van der Waals surface area contributed by atoms with Crippen LogP contribution in [-0.4, -0.2) is 34.3 Å². The second-order valence-corrected chi connectivity index (χ2v) is 6.65. The minimum atomic E-state index is -0.159. The molecule has 4 nitrogen and oxygen atoms in total. The highest BCUT2D eigenvalue weighted by atomic mass is 79.9. The molecule has 0 aromatic carbocycles. The van der Waals surface area contributed by atoms with Crippen LogP contribution in [0.4, 0.5) is 5.82 Å². The molecule has 0 radical (unpaired) electrons. The first-order valence-corrected chi connectivity index (χ1v) is 7.13. The first kappa shape index (κ1) is 13.7. The highest BCUT2D eigenvalue weighted by Crippen LogP contribution is 2.25. The molecule has 1 N–H and O–H groups in total. The molecule has 1 aliphatic heterocycles. The first-order chi connectivity index (χ1) is 8.36. The molecule has 100 valence electrons. The van der Waals surface area contributed by atoms with E-state index >= 15 is 0 Å². The van der Waals surface area contributed by atoms with Crippen molar-refractivity contribution in [3.63, 3.8) is 0 Å². The number of aliphatic hydroxyl groups is 1. The van der Waals surface area contributed by atoms with Crippen LogP contribution in [0.3, 0.4) is 0 Å². The van der Waals surface area contributed by atoms with Gasteiger partial charge in [-0.25, -0.2) is 9.97 Å². The number of nitrogens with zero attached hydrogens (tertiary/aromatic N) is 3. The van der Waals surface area contributed by atoms with Gasteiger partial charge in [-0.2, -0.15) is 0 Å². The summed E-state index contributed by atoms with van der Waals surface area (Å²) in [5, 5.41) is 9.54. The van der Waals surface area contributed by atoms with Crippen LogP contribution in [0.25, 0.3) is 0 Å². The van der Waals surface area contributed by atoms with E-state index in [0.717, 1.165) is 42.2 Å². The molecule has 1 aromatic rings. The van der Waals surface area contributed by atoms with Crippen molar-refractivity contribution in [2.45, 2.75) is 45.1 Å². The molecular weight excluding hydrogens is 294 g/mol. The lowest BCUT2D eigenvalue weighted by molar-refractivity contribution is 0.145. The van der Waals surface area contributed by atoms with E-state index in [2.05, 4.69) is 51.6 Å². The SMILES string of the molecule is CC(C)(C)c1nc(Br)cc(N2CCC(O)CC2)n1. The fourth-order valence-corrected chi connectivity index (χ4v) is 2.37. The summed E-state index contributed by atoms with van der Waals surface area (Å²) in [6.07, 6.45) is 1.47. The van der Waals surface area contributed by atoms with E-state index in [1.165, 1.54) is 0 Å². The average molecular weight is 314 g/mol. The van der Waals surface area contributed by atoms with Gasteiger partial charge in [-0.05, 0) is 28.8 Å².